The van der Waals surface area contributed by atoms with E-state index in [1.807, 2.05) is 48.1 Å². The van der Waals surface area contributed by atoms with Gasteiger partial charge in [0, 0.05) is 20.6 Å². The lowest BCUT2D eigenvalue weighted by atomic mass is 10.1. The van der Waals surface area contributed by atoms with Gasteiger partial charge in [-0.15, -0.1) is 0 Å². The second-order valence-electron chi connectivity index (χ2n) is 6.08. The fourth-order valence-electron chi connectivity index (χ4n) is 2.79. The Labute approximate surface area is 145 Å². The summed E-state index contributed by atoms with van der Waals surface area (Å²) in [5.41, 5.74) is 2.87. The van der Waals surface area contributed by atoms with E-state index in [2.05, 4.69) is 34.3 Å². The molecule has 0 aliphatic rings. The SMILES string of the molecule is CN(C)c1nc(-c2ccco2)c2cnn(CCc3ccccc3)c2n1. The summed E-state index contributed by atoms with van der Waals surface area (Å²) >= 11 is 0. The van der Waals surface area contributed by atoms with Crippen molar-refractivity contribution in [2.75, 3.05) is 19.0 Å². The molecule has 0 amide bonds. The van der Waals surface area contributed by atoms with Gasteiger partial charge < -0.3 is 9.32 Å². The van der Waals surface area contributed by atoms with Crippen LogP contribution in [0.2, 0.25) is 0 Å². The maximum absolute atomic E-state index is 5.56. The van der Waals surface area contributed by atoms with E-state index in [0.717, 1.165) is 35.5 Å². The zero-order valence-corrected chi connectivity index (χ0v) is 14.3. The van der Waals surface area contributed by atoms with E-state index in [1.54, 1.807) is 6.26 Å². The van der Waals surface area contributed by atoms with Crippen LogP contribution in [0.4, 0.5) is 5.95 Å². The number of furan rings is 1. The molecule has 0 aliphatic carbocycles. The number of aryl methyl sites for hydroxylation is 2. The summed E-state index contributed by atoms with van der Waals surface area (Å²) in [6.45, 7) is 0.759. The lowest BCUT2D eigenvalue weighted by Gasteiger charge is -2.12. The summed E-state index contributed by atoms with van der Waals surface area (Å²) in [6.07, 6.45) is 4.37. The molecule has 0 atom stereocenters. The van der Waals surface area contributed by atoms with Gasteiger partial charge in [0.15, 0.2) is 11.4 Å². The molecule has 0 aliphatic heterocycles. The van der Waals surface area contributed by atoms with Crippen LogP contribution in [0.5, 0.6) is 0 Å². The van der Waals surface area contributed by atoms with Crippen molar-refractivity contribution < 1.29 is 4.42 Å². The molecule has 1 aromatic carbocycles. The van der Waals surface area contributed by atoms with E-state index in [1.165, 1.54) is 5.56 Å². The predicted molar refractivity (Wildman–Crippen MR) is 97.5 cm³/mol. The fraction of sp³-hybridized carbons (Fsp3) is 0.211. The summed E-state index contributed by atoms with van der Waals surface area (Å²) in [6, 6.07) is 14.1. The highest BCUT2D eigenvalue weighted by Gasteiger charge is 2.17. The second kappa shape index (κ2) is 6.39. The average molecular weight is 333 g/mol. The Balaban J connectivity index is 1.76. The molecule has 0 saturated carbocycles. The first-order chi connectivity index (χ1) is 12.2. The smallest absolute Gasteiger partial charge is 0.227 e. The molecule has 0 fully saturated rings. The minimum absolute atomic E-state index is 0.639. The Morgan fingerprint density at radius 2 is 1.88 bits per heavy atom. The Morgan fingerprint density at radius 1 is 1.04 bits per heavy atom. The zero-order chi connectivity index (χ0) is 17.2. The van der Waals surface area contributed by atoms with E-state index in [-0.39, 0.29) is 0 Å². The van der Waals surface area contributed by atoms with Crippen molar-refractivity contribution >= 4 is 17.0 Å². The van der Waals surface area contributed by atoms with Crippen LogP contribution >= 0.6 is 0 Å². The zero-order valence-electron chi connectivity index (χ0n) is 14.3. The molecule has 0 N–H and O–H groups in total. The third-order valence-electron chi connectivity index (χ3n) is 4.09. The summed E-state index contributed by atoms with van der Waals surface area (Å²) in [5.74, 6) is 1.36. The highest BCUT2D eigenvalue weighted by molar-refractivity contribution is 5.89. The van der Waals surface area contributed by atoms with Crippen LogP contribution in [0, 0.1) is 0 Å². The first-order valence-corrected chi connectivity index (χ1v) is 8.21. The molecular formula is C19H19N5O. The van der Waals surface area contributed by atoms with Crippen LogP contribution in [-0.4, -0.2) is 33.8 Å². The van der Waals surface area contributed by atoms with Gasteiger partial charge in [0.05, 0.1) is 17.8 Å². The third kappa shape index (κ3) is 2.98. The van der Waals surface area contributed by atoms with Crippen LogP contribution in [0.25, 0.3) is 22.5 Å². The number of hydrogen-bond donors (Lipinski definition) is 0. The minimum Gasteiger partial charge on any atom is -0.463 e. The molecule has 4 rings (SSSR count). The van der Waals surface area contributed by atoms with Crippen molar-refractivity contribution in [2.45, 2.75) is 13.0 Å². The lowest BCUT2D eigenvalue weighted by molar-refractivity contribution is 0.580. The van der Waals surface area contributed by atoms with E-state index in [0.29, 0.717) is 5.95 Å². The fourth-order valence-corrected chi connectivity index (χ4v) is 2.79. The summed E-state index contributed by atoms with van der Waals surface area (Å²) in [5, 5.41) is 5.43. The number of benzene rings is 1. The van der Waals surface area contributed by atoms with Gasteiger partial charge in [-0.3, -0.25) is 0 Å². The van der Waals surface area contributed by atoms with Crippen molar-refractivity contribution in [1.29, 1.82) is 0 Å². The van der Waals surface area contributed by atoms with Gasteiger partial charge in [0.25, 0.3) is 0 Å². The van der Waals surface area contributed by atoms with Gasteiger partial charge in [0.1, 0.15) is 5.69 Å². The van der Waals surface area contributed by atoms with Crippen LogP contribution in [-0.2, 0) is 13.0 Å². The predicted octanol–water partition coefficient (Wildman–Crippen LogP) is 3.40. The van der Waals surface area contributed by atoms with E-state index < -0.39 is 0 Å². The molecule has 0 radical (unpaired) electrons. The lowest BCUT2D eigenvalue weighted by Crippen LogP contribution is -2.14. The van der Waals surface area contributed by atoms with Gasteiger partial charge in [-0.05, 0) is 24.1 Å². The van der Waals surface area contributed by atoms with Crippen LogP contribution < -0.4 is 4.90 Å². The van der Waals surface area contributed by atoms with Crippen molar-refractivity contribution in [3.05, 3.63) is 60.5 Å². The van der Waals surface area contributed by atoms with Crippen LogP contribution in [0.1, 0.15) is 5.56 Å². The highest BCUT2D eigenvalue weighted by Crippen LogP contribution is 2.28. The molecular weight excluding hydrogens is 314 g/mol. The average Bonchev–Trinajstić information content (AvgIpc) is 3.30. The number of rotatable bonds is 5. The second-order valence-corrected chi connectivity index (χ2v) is 6.08. The summed E-state index contributed by atoms with van der Waals surface area (Å²) in [7, 11) is 3.86. The van der Waals surface area contributed by atoms with Gasteiger partial charge in [-0.1, -0.05) is 30.3 Å². The molecule has 6 heteroatoms. The van der Waals surface area contributed by atoms with Crippen molar-refractivity contribution in [3.8, 4) is 11.5 Å². The molecule has 0 bridgehead atoms. The van der Waals surface area contributed by atoms with Crippen molar-refractivity contribution in [1.82, 2.24) is 19.7 Å². The Bertz CT molecular complexity index is 974. The first kappa shape index (κ1) is 15.4. The molecule has 0 spiro atoms. The van der Waals surface area contributed by atoms with Crippen LogP contribution in [0.15, 0.2) is 59.3 Å². The molecule has 126 valence electrons. The third-order valence-corrected chi connectivity index (χ3v) is 4.09. The molecule has 0 unspecified atom stereocenters. The maximum atomic E-state index is 5.56. The standard InChI is InChI=1S/C19H19N5O/c1-23(2)19-21-17(16-9-6-12-25-16)15-13-20-24(18(15)22-19)11-10-14-7-4-3-5-8-14/h3-9,12-13H,10-11H2,1-2H3. The largest absolute Gasteiger partial charge is 0.463 e. The molecule has 0 saturated heterocycles. The van der Waals surface area contributed by atoms with E-state index in [4.69, 9.17) is 9.40 Å². The summed E-state index contributed by atoms with van der Waals surface area (Å²) in [4.78, 5) is 11.2. The first-order valence-electron chi connectivity index (χ1n) is 8.21. The Kier molecular flexibility index (Phi) is 3.93. The van der Waals surface area contributed by atoms with Gasteiger partial charge in [-0.25, -0.2) is 9.67 Å². The summed E-state index contributed by atoms with van der Waals surface area (Å²) < 4.78 is 7.49. The maximum Gasteiger partial charge on any atom is 0.227 e. The molecule has 25 heavy (non-hydrogen) atoms. The normalized spacial score (nSPS) is 11.1. The van der Waals surface area contributed by atoms with Crippen molar-refractivity contribution in [3.63, 3.8) is 0 Å². The minimum atomic E-state index is 0.639. The number of aromatic nitrogens is 4. The van der Waals surface area contributed by atoms with Crippen molar-refractivity contribution in [2.24, 2.45) is 0 Å². The number of fused-ring (bicyclic) bond motifs is 1. The van der Waals surface area contributed by atoms with E-state index >= 15 is 0 Å². The number of nitrogens with zero attached hydrogens (tertiary/aromatic N) is 5. The Morgan fingerprint density at radius 3 is 2.60 bits per heavy atom. The monoisotopic (exact) mass is 333 g/mol. The van der Waals surface area contributed by atoms with Crippen LogP contribution in [0.3, 0.4) is 0 Å². The number of anilines is 1. The van der Waals surface area contributed by atoms with Gasteiger partial charge in [0.2, 0.25) is 5.95 Å². The van der Waals surface area contributed by atoms with Gasteiger partial charge in [-0.2, -0.15) is 10.1 Å². The molecule has 3 heterocycles. The Hall–Kier alpha value is -3.15. The molecule has 4 aromatic rings. The van der Waals surface area contributed by atoms with Gasteiger partial charge >= 0.3 is 0 Å². The molecule has 6 nitrogen and oxygen atoms in total. The highest BCUT2D eigenvalue weighted by atomic mass is 16.3. The quantitative estimate of drug-likeness (QED) is 0.560. The topological polar surface area (TPSA) is 60.0 Å². The van der Waals surface area contributed by atoms with E-state index in [9.17, 15) is 0 Å². The number of hydrogen-bond acceptors (Lipinski definition) is 5. The molecule has 3 aromatic heterocycles.